The maximum absolute atomic E-state index is 12.0. The Balaban J connectivity index is 1.79. The van der Waals surface area contributed by atoms with Crippen LogP contribution in [0, 0.1) is 11.3 Å². The quantitative estimate of drug-likeness (QED) is 0.893. The minimum Gasteiger partial charge on any atom is -0.481 e. The van der Waals surface area contributed by atoms with E-state index in [0.717, 1.165) is 25.7 Å². The summed E-state index contributed by atoms with van der Waals surface area (Å²) in [5.41, 5.74) is 0.515. The molecule has 0 heterocycles. The number of urea groups is 1. The number of benzene rings is 1. The summed E-state index contributed by atoms with van der Waals surface area (Å²) in [5.74, 6) is -0.0259. The standard InChI is InChI=1S/C17H21N3O3/c1-12(23-15-9-7-13(11-18)8-10-15)16(21)20-17(22)19-14-5-3-2-4-6-14/h7-10,12,14H,2-6H2,1H3,(H2,19,20,21,22)/t12-/m1/s1. The third-order valence-electron chi connectivity index (χ3n) is 3.84. The molecule has 1 aromatic carbocycles. The number of rotatable bonds is 4. The smallest absolute Gasteiger partial charge is 0.321 e. The van der Waals surface area contributed by atoms with Crippen LogP contribution in [0.2, 0.25) is 0 Å². The third kappa shape index (κ3) is 5.29. The number of nitriles is 1. The predicted octanol–water partition coefficient (Wildman–Crippen LogP) is 2.48. The molecule has 2 N–H and O–H groups in total. The molecule has 0 radical (unpaired) electrons. The lowest BCUT2D eigenvalue weighted by Crippen LogP contribution is -2.48. The second-order valence-electron chi connectivity index (χ2n) is 5.69. The molecule has 0 saturated heterocycles. The van der Waals surface area contributed by atoms with Gasteiger partial charge in [0.15, 0.2) is 6.10 Å². The molecule has 1 fully saturated rings. The molecular formula is C17H21N3O3. The highest BCUT2D eigenvalue weighted by atomic mass is 16.5. The monoisotopic (exact) mass is 315 g/mol. The zero-order valence-electron chi connectivity index (χ0n) is 13.2. The molecule has 0 aliphatic heterocycles. The number of ether oxygens (including phenoxy) is 1. The predicted molar refractivity (Wildman–Crippen MR) is 84.8 cm³/mol. The molecule has 1 atom stereocenters. The molecule has 0 unspecified atom stereocenters. The van der Waals surface area contributed by atoms with E-state index < -0.39 is 18.0 Å². The molecule has 3 amide bonds. The maximum atomic E-state index is 12.0. The van der Waals surface area contributed by atoms with Crippen molar-refractivity contribution in [3.8, 4) is 11.8 Å². The topological polar surface area (TPSA) is 91.2 Å². The molecule has 0 spiro atoms. The maximum Gasteiger partial charge on any atom is 0.321 e. The normalized spacial score (nSPS) is 16.0. The second-order valence-corrected chi connectivity index (χ2v) is 5.69. The summed E-state index contributed by atoms with van der Waals surface area (Å²) in [4.78, 5) is 23.8. The van der Waals surface area contributed by atoms with Crippen molar-refractivity contribution in [1.82, 2.24) is 10.6 Å². The average molecular weight is 315 g/mol. The molecule has 0 bridgehead atoms. The second kappa shape index (κ2) is 8.18. The Labute approximate surface area is 135 Å². The number of amides is 3. The number of hydrogen-bond donors (Lipinski definition) is 2. The molecule has 0 aromatic heterocycles. The van der Waals surface area contributed by atoms with Crippen LogP contribution >= 0.6 is 0 Å². The van der Waals surface area contributed by atoms with Crippen LogP contribution in [-0.4, -0.2) is 24.1 Å². The van der Waals surface area contributed by atoms with E-state index in [1.54, 1.807) is 31.2 Å². The zero-order chi connectivity index (χ0) is 16.7. The van der Waals surface area contributed by atoms with Crippen LogP contribution in [0.1, 0.15) is 44.6 Å². The highest BCUT2D eigenvalue weighted by molar-refractivity contribution is 5.96. The number of carbonyl (C=O) groups excluding carboxylic acids is 2. The molecule has 23 heavy (non-hydrogen) atoms. The molecule has 1 aliphatic carbocycles. The van der Waals surface area contributed by atoms with Crippen LogP contribution in [0.15, 0.2) is 24.3 Å². The molecule has 6 heteroatoms. The fourth-order valence-corrected chi connectivity index (χ4v) is 2.55. The van der Waals surface area contributed by atoms with Gasteiger partial charge in [0.25, 0.3) is 5.91 Å². The van der Waals surface area contributed by atoms with Crippen LogP contribution in [0.4, 0.5) is 4.79 Å². The number of hydrogen-bond acceptors (Lipinski definition) is 4. The molecule has 1 saturated carbocycles. The van der Waals surface area contributed by atoms with Gasteiger partial charge in [0.1, 0.15) is 5.75 Å². The van der Waals surface area contributed by atoms with Crippen LogP contribution in [0.5, 0.6) is 5.75 Å². The van der Waals surface area contributed by atoms with Crippen molar-refractivity contribution in [2.75, 3.05) is 0 Å². The van der Waals surface area contributed by atoms with Crippen molar-refractivity contribution < 1.29 is 14.3 Å². The van der Waals surface area contributed by atoms with E-state index in [2.05, 4.69) is 10.6 Å². The first kappa shape index (κ1) is 16.8. The summed E-state index contributed by atoms with van der Waals surface area (Å²) >= 11 is 0. The van der Waals surface area contributed by atoms with Crippen molar-refractivity contribution in [1.29, 1.82) is 5.26 Å². The van der Waals surface area contributed by atoms with Gasteiger partial charge in [-0.05, 0) is 44.0 Å². The van der Waals surface area contributed by atoms with Crippen LogP contribution in [0.25, 0.3) is 0 Å². The number of carbonyl (C=O) groups is 2. The summed E-state index contributed by atoms with van der Waals surface area (Å²) in [6.07, 6.45) is 4.53. The highest BCUT2D eigenvalue weighted by Gasteiger charge is 2.20. The van der Waals surface area contributed by atoms with Gasteiger partial charge in [-0.25, -0.2) is 4.79 Å². The summed E-state index contributed by atoms with van der Waals surface area (Å²) in [5, 5.41) is 13.9. The first-order valence-corrected chi connectivity index (χ1v) is 7.86. The lowest BCUT2D eigenvalue weighted by molar-refractivity contribution is -0.126. The van der Waals surface area contributed by atoms with E-state index in [1.165, 1.54) is 6.42 Å². The van der Waals surface area contributed by atoms with E-state index in [-0.39, 0.29) is 6.04 Å². The fraction of sp³-hybridized carbons (Fsp3) is 0.471. The Kier molecular flexibility index (Phi) is 5.98. The molecular weight excluding hydrogens is 294 g/mol. The third-order valence-corrected chi connectivity index (χ3v) is 3.84. The zero-order valence-corrected chi connectivity index (χ0v) is 13.2. The number of nitrogens with zero attached hydrogens (tertiary/aromatic N) is 1. The minimum atomic E-state index is -0.806. The van der Waals surface area contributed by atoms with Crippen LogP contribution in [-0.2, 0) is 4.79 Å². The Morgan fingerprint density at radius 2 is 1.87 bits per heavy atom. The summed E-state index contributed by atoms with van der Waals surface area (Å²) in [6, 6.07) is 8.12. The van der Waals surface area contributed by atoms with Gasteiger partial charge in [0.2, 0.25) is 0 Å². The van der Waals surface area contributed by atoms with Crippen molar-refractivity contribution in [2.24, 2.45) is 0 Å². The Morgan fingerprint density at radius 3 is 2.48 bits per heavy atom. The Bertz CT molecular complexity index is 586. The van der Waals surface area contributed by atoms with E-state index in [4.69, 9.17) is 10.00 Å². The van der Waals surface area contributed by atoms with Crippen molar-refractivity contribution in [3.05, 3.63) is 29.8 Å². The van der Waals surface area contributed by atoms with Crippen molar-refractivity contribution in [2.45, 2.75) is 51.2 Å². The summed E-state index contributed by atoms with van der Waals surface area (Å²) in [7, 11) is 0. The lowest BCUT2D eigenvalue weighted by Gasteiger charge is -2.23. The summed E-state index contributed by atoms with van der Waals surface area (Å²) in [6.45, 7) is 1.57. The summed E-state index contributed by atoms with van der Waals surface area (Å²) < 4.78 is 5.47. The van der Waals surface area contributed by atoms with Gasteiger partial charge >= 0.3 is 6.03 Å². The van der Waals surface area contributed by atoms with E-state index in [0.29, 0.717) is 11.3 Å². The SMILES string of the molecule is C[C@@H](Oc1ccc(C#N)cc1)C(=O)NC(=O)NC1CCCCC1. The van der Waals surface area contributed by atoms with E-state index in [1.807, 2.05) is 6.07 Å². The van der Waals surface area contributed by atoms with Crippen molar-refractivity contribution in [3.63, 3.8) is 0 Å². The van der Waals surface area contributed by atoms with Gasteiger partial charge in [-0.15, -0.1) is 0 Å². The fourth-order valence-electron chi connectivity index (χ4n) is 2.55. The Hall–Kier alpha value is -2.55. The van der Waals surface area contributed by atoms with Gasteiger partial charge in [-0.3, -0.25) is 10.1 Å². The molecule has 2 rings (SSSR count). The highest BCUT2D eigenvalue weighted by Crippen LogP contribution is 2.17. The Morgan fingerprint density at radius 1 is 1.22 bits per heavy atom. The van der Waals surface area contributed by atoms with Crippen LogP contribution in [0.3, 0.4) is 0 Å². The van der Waals surface area contributed by atoms with Gasteiger partial charge < -0.3 is 10.1 Å². The van der Waals surface area contributed by atoms with E-state index >= 15 is 0 Å². The first-order chi connectivity index (χ1) is 11.1. The number of nitrogens with one attached hydrogen (secondary N) is 2. The first-order valence-electron chi connectivity index (χ1n) is 7.86. The van der Waals surface area contributed by atoms with Gasteiger partial charge in [0.05, 0.1) is 11.6 Å². The largest absolute Gasteiger partial charge is 0.481 e. The molecule has 1 aliphatic rings. The molecule has 1 aromatic rings. The minimum absolute atomic E-state index is 0.145. The van der Waals surface area contributed by atoms with E-state index in [9.17, 15) is 9.59 Å². The van der Waals surface area contributed by atoms with Gasteiger partial charge in [-0.1, -0.05) is 19.3 Å². The van der Waals surface area contributed by atoms with Gasteiger partial charge in [-0.2, -0.15) is 5.26 Å². The molecule has 6 nitrogen and oxygen atoms in total. The average Bonchev–Trinajstić information content (AvgIpc) is 2.56. The molecule has 122 valence electrons. The van der Waals surface area contributed by atoms with Gasteiger partial charge in [0, 0.05) is 6.04 Å². The van der Waals surface area contributed by atoms with Crippen molar-refractivity contribution >= 4 is 11.9 Å². The number of imide groups is 1. The lowest BCUT2D eigenvalue weighted by atomic mass is 9.96. The van der Waals surface area contributed by atoms with Crippen LogP contribution < -0.4 is 15.4 Å².